The van der Waals surface area contributed by atoms with Gasteiger partial charge in [-0.1, -0.05) is 29.3 Å². The Labute approximate surface area is 131 Å². The Morgan fingerprint density at radius 2 is 1.71 bits per heavy atom. The first kappa shape index (κ1) is 13.8. The summed E-state index contributed by atoms with van der Waals surface area (Å²) in [5.74, 6) is 1.07. The van der Waals surface area contributed by atoms with E-state index < -0.39 is 0 Å². The van der Waals surface area contributed by atoms with Gasteiger partial charge in [-0.15, -0.1) is 0 Å². The fourth-order valence-corrected chi connectivity index (χ4v) is 2.08. The predicted octanol–water partition coefficient (Wildman–Crippen LogP) is 4.59. The molecule has 0 aliphatic heterocycles. The van der Waals surface area contributed by atoms with E-state index in [9.17, 15) is 0 Å². The van der Waals surface area contributed by atoms with Gasteiger partial charge in [0.2, 0.25) is 0 Å². The van der Waals surface area contributed by atoms with E-state index in [0.29, 0.717) is 27.5 Å². The number of rotatable bonds is 3. The highest BCUT2D eigenvalue weighted by Gasteiger charge is 2.07. The summed E-state index contributed by atoms with van der Waals surface area (Å²) in [6.07, 6.45) is 1.69. The van der Waals surface area contributed by atoms with Crippen LogP contribution in [0.15, 0.2) is 54.7 Å². The molecule has 0 atom stereocenters. The highest BCUT2D eigenvalue weighted by atomic mass is 35.5. The highest BCUT2D eigenvalue weighted by Crippen LogP contribution is 2.22. The predicted molar refractivity (Wildman–Crippen MR) is 85.0 cm³/mol. The van der Waals surface area contributed by atoms with Crippen molar-refractivity contribution in [2.75, 3.05) is 5.32 Å². The van der Waals surface area contributed by atoms with Crippen LogP contribution in [0.1, 0.15) is 0 Å². The molecule has 3 rings (SSSR count). The summed E-state index contributed by atoms with van der Waals surface area (Å²) >= 11 is 11.9. The molecule has 0 amide bonds. The number of nitrogens with one attached hydrogen (secondary N) is 1. The van der Waals surface area contributed by atoms with Crippen LogP contribution in [0.25, 0.3) is 11.5 Å². The number of halogens is 2. The van der Waals surface area contributed by atoms with Crippen molar-refractivity contribution < 1.29 is 0 Å². The minimum absolute atomic E-state index is 0.349. The molecule has 0 saturated carbocycles. The zero-order valence-electron chi connectivity index (χ0n) is 10.8. The first-order chi connectivity index (χ1) is 10.2. The Bertz CT molecular complexity index is 745. The van der Waals surface area contributed by atoms with Gasteiger partial charge in [-0.3, -0.25) is 4.98 Å². The lowest BCUT2D eigenvalue weighted by molar-refractivity contribution is 1.14. The molecular formula is C15H10Cl2N4. The van der Waals surface area contributed by atoms with Gasteiger partial charge < -0.3 is 5.32 Å². The zero-order chi connectivity index (χ0) is 14.7. The molecule has 6 heteroatoms. The number of hydrogen-bond donors (Lipinski definition) is 1. The van der Waals surface area contributed by atoms with Crippen molar-refractivity contribution in [2.24, 2.45) is 0 Å². The van der Waals surface area contributed by atoms with E-state index in [1.807, 2.05) is 30.3 Å². The maximum absolute atomic E-state index is 6.05. The van der Waals surface area contributed by atoms with Crippen LogP contribution < -0.4 is 5.32 Å². The summed E-state index contributed by atoms with van der Waals surface area (Å²) in [5, 5.41) is 4.19. The Hall–Kier alpha value is -2.17. The van der Waals surface area contributed by atoms with E-state index >= 15 is 0 Å². The Kier molecular flexibility index (Phi) is 3.99. The molecule has 0 aliphatic rings. The smallest absolute Gasteiger partial charge is 0.181 e. The van der Waals surface area contributed by atoms with Gasteiger partial charge in [-0.05, 0) is 36.4 Å². The second kappa shape index (κ2) is 6.08. The zero-order valence-corrected chi connectivity index (χ0v) is 12.3. The van der Waals surface area contributed by atoms with Gasteiger partial charge in [0.15, 0.2) is 5.82 Å². The first-order valence-corrected chi connectivity index (χ1v) is 6.95. The van der Waals surface area contributed by atoms with Crippen molar-refractivity contribution in [3.05, 3.63) is 64.9 Å². The lowest BCUT2D eigenvalue weighted by Gasteiger charge is -2.07. The topological polar surface area (TPSA) is 50.7 Å². The third-order valence-corrected chi connectivity index (χ3v) is 3.15. The molecule has 0 bridgehead atoms. The van der Waals surface area contributed by atoms with Crippen LogP contribution in [-0.4, -0.2) is 15.0 Å². The van der Waals surface area contributed by atoms with Gasteiger partial charge in [-0.2, -0.15) is 0 Å². The van der Waals surface area contributed by atoms with Crippen LogP contribution in [0.5, 0.6) is 0 Å². The summed E-state index contributed by atoms with van der Waals surface area (Å²) in [7, 11) is 0. The van der Waals surface area contributed by atoms with E-state index in [4.69, 9.17) is 23.2 Å². The summed E-state index contributed by atoms with van der Waals surface area (Å²) in [6.45, 7) is 0. The standard InChI is InChI=1S/C15H10Cl2N4/c16-10-4-6-11(7-5-10)19-14-9-13(17)20-15(21-14)12-3-1-2-8-18-12/h1-9H,(H,19,20,21). The number of benzene rings is 1. The Balaban J connectivity index is 1.93. The van der Waals surface area contributed by atoms with Gasteiger partial charge in [0, 0.05) is 23.0 Å². The van der Waals surface area contributed by atoms with Crippen LogP contribution in [0.3, 0.4) is 0 Å². The molecule has 0 fully saturated rings. The molecule has 104 valence electrons. The van der Waals surface area contributed by atoms with E-state index in [1.54, 1.807) is 24.4 Å². The third-order valence-electron chi connectivity index (χ3n) is 2.71. The molecule has 3 aromatic rings. The van der Waals surface area contributed by atoms with Crippen LogP contribution in [0.2, 0.25) is 10.2 Å². The lowest BCUT2D eigenvalue weighted by Crippen LogP contribution is -1.98. The van der Waals surface area contributed by atoms with E-state index in [0.717, 1.165) is 5.69 Å². The number of anilines is 2. The summed E-state index contributed by atoms with van der Waals surface area (Å²) in [5.41, 5.74) is 1.53. The maximum atomic E-state index is 6.05. The molecule has 1 aromatic carbocycles. The number of hydrogen-bond acceptors (Lipinski definition) is 4. The van der Waals surface area contributed by atoms with Crippen molar-refractivity contribution >= 4 is 34.7 Å². The second-order valence-electron chi connectivity index (χ2n) is 4.25. The first-order valence-electron chi connectivity index (χ1n) is 6.19. The minimum atomic E-state index is 0.349. The monoisotopic (exact) mass is 316 g/mol. The SMILES string of the molecule is Clc1ccc(Nc2cc(Cl)nc(-c3ccccn3)n2)cc1. The molecule has 0 saturated heterocycles. The second-order valence-corrected chi connectivity index (χ2v) is 5.07. The fourth-order valence-electron chi connectivity index (χ4n) is 1.77. The van der Waals surface area contributed by atoms with Crippen molar-refractivity contribution in [1.29, 1.82) is 0 Å². The maximum Gasteiger partial charge on any atom is 0.181 e. The molecule has 0 unspecified atom stereocenters. The van der Waals surface area contributed by atoms with Gasteiger partial charge in [0.25, 0.3) is 0 Å². The molecule has 1 N–H and O–H groups in total. The van der Waals surface area contributed by atoms with E-state index in [-0.39, 0.29) is 0 Å². The van der Waals surface area contributed by atoms with Crippen LogP contribution >= 0.6 is 23.2 Å². The molecule has 0 radical (unpaired) electrons. The summed E-state index contributed by atoms with van der Waals surface area (Å²) < 4.78 is 0. The molecule has 4 nitrogen and oxygen atoms in total. The van der Waals surface area contributed by atoms with Crippen molar-refractivity contribution in [2.45, 2.75) is 0 Å². The van der Waals surface area contributed by atoms with Gasteiger partial charge in [0.05, 0.1) is 0 Å². The molecule has 21 heavy (non-hydrogen) atoms. The quantitative estimate of drug-likeness (QED) is 0.718. The van der Waals surface area contributed by atoms with E-state index in [1.165, 1.54) is 0 Å². The van der Waals surface area contributed by atoms with E-state index in [2.05, 4.69) is 20.3 Å². The number of pyridine rings is 1. The van der Waals surface area contributed by atoms with Gasteiger partial charge in [0.1, 0.15) is 16.7 Å². The molecular weight excluding hydrogens is 307 g/mol. The average Bonchev–Trinajstić information content (AvgIpc) is 2.50. The Morgan fingerprint density at radius 3 is 2.43 bits per heavy atom. The summed E-state index contributed by atoms with van der Waals surface area (Å²) in [6, 6.07) is 14.5. The molecule has 0 aliphatic carbocycles. The largest absolute Gasteiger partial charge is 0.340 e. The minimum Gasteiger partial charge on any atom is -0.340 e. The van der Waals surface area contributed by atoms with Crippen LogP contribution in [0.4, 0.5) is 11.5 Å². The van der Waals surface area contributed by atoms with Crippen molar-refractivity contribution in [3.63, 3.8) is 0 Å². The Morgan fingerprint density at radius 1 is 0.905 bits per heavy atom. The highest BCUT2D eigenvalue weighted by molar-refractivity contribution is 6.30. The van der Waals surface area contributed by atoms with Crippen LogP contribution in [0, 0.1) is 0 Å². The molecule has 0 spiro atoms. The average molecular weight is 317 g/mol. The molecule has 2 aromatic heterocycles. The lowest BCUT2D eigenvalue weighted by atomic mass is 10.3. The van der Waals surface area contributed by atoms with Crippen molar-refractivity contribution in [3.8, 4) is 11.5 Å². The van der Waals surface area contributed by atoms with Crippen molar-refractivity contribution in [1.82, 2.24) is 15.0 Å². The van der Waals surface area contributed by atoms with Crippen LogP contribution in [-0.2, 0) is 0 Å². The van der Waals surface area contributed by atoms with Gasteiger partial charge >= 0.3 is 0 Å². The summed E-state index contributed by atoms with van der Waals surface area (Å²) in [4.78, 5) is 12.8. The van der Waals surface area contributed by atoms with Gasteiger partial charge in [-0.25, -0.2) is 9.97 Å². The normalized spacial score (nSPS) is 10.4. The fraction of sp³-hybridized carbons (Fsp3) is 0. The number of aromatic nitrogens is 3. The number of nitrogens with zero attached hydrogens (tertiary/aromatic N) is 3. The third kappa shape index (κ3) is 3.48. The molecule has 2 heterocycles.